The quantitative estimate of drug-likeness (QED) is 0.777. The number of carbonyl (C=O) groups is 1. The minimum Gasteiger partial charge on any atom is -0.395 e. The van der Waals surface area contributed by atoms with Gasteiger partial charge in [0.2, 0.25) is 0 Å². The summed E-state index contributed by atoms with van der Waals surface area (Å²) >= 11 is 5.66. The van der Waals surface area contributed by atoms with Crippen LogP contribution in [-0.4, -0.2) is 48.3 Å². The molecule has 122 valence electrons. The van der Waals surface area contributed by atoms with Gasteiger partial charge in [-0.05, 0) is 31.5 Å². The van der Waals surface area contributed by atoms with E-state index in [1.54, 1.807) is 6.07 Å². The number of aliphatic hydroxyl groups is 1. The second kappa shape index (κ2) is 8.31. The molecule has 0 spiro atoms. The van der Waals surface area contributed by atoms with E-state index < -0.39 is 11.8 Å². The van der Waals surface area contributed by atoms with Crippen molar-refractivity contribution in [1.29, 1.82) is 0 Å². The first kappa shape index (κ1) is 17.0. The topological polar surface area (TPSA) is 64.6 Å². The van der Waals surface area contributed by atoms with Gasteiger partial charge in [0, 0.05) is 19.1 Å². The van der Waals surface area contributed by atoms with Crippen molar-refractivity contribution in [2.24, 2.45) is 0 Å². The summed E-state index contributed by atoms with van der Waals surface area (Å²) in [7, 11) is 0. The summed E-state index contributed by atoms with van der Waals surface area (Å²) < 4.78 is 13.7. The van der Waals surface area contributed by atoms with Gasteiger partial charge in [0.25, 0.3) is 0 Å². The van der Waals surface area contributed by atoms with Gasteiger partial charge in [-0.15, -0.1) is 0 Å². The second-order valence-electron chi connectivity index (χ2n) is 5.35. The third kappa shape index (κ3) is 4.56. The number of carbonyl (C=O) groups excluding carboxylic acids is 1. The van der Waals surface area contributed by atoms with Crippen LogP contribution in [0.2, 0.25) is 5.02 Å². The van der Waals surface area contributed by atoms with Crippen LogP contribution >= 0.6 is 11.6 Å². The molecule has 1 aromatic carbocycles. The van der Waals surface area contributed by atoms with Gasteiger partial charge in [-0.3, -0.25) is 4.90 Å². The molecule has 7 heteroatoms. The Labute approximate surface area is 134 Å². The van der Waals surface area contributed by atoms with Gasteiger partial charge >= 0.3 is 6.03 Å². The molecule has 2 rings (SSSR count). The van der Waals surface area contributed by atoms with E-state index in [4.69, 9.17) is 11.6 Å². The predicted molar refractivity (Wildman–Crippen MR) is 84.7 cm³/mol. The van der Waals surface area contributed by atoms with E-state index in [9.17, 15) is 14.3 Å². The Kier molecular flexibility index (Phi) is 6.42. The molecule has 1 saturated heterocycles. The summed E-state index contributed by atoms with van der Waals surface area (Å²) in [5.41, 5.74) is 0.0520. The van der Waals surface area contributed by atoms with Crippen LogP contribution < -0.4 is 10.6 Å². The summed E-state index contributed by atoms with van der Waals surface area (Å²) in [5.74, 6) is -0.643. The first-order valence-corrected chi connectivity index (χ1v) is 7.83. The molecule has 1 aliphatic rings. The number of rotatable bonds is 5. The highest BCUT2D eigenvalue weighted by Crippen LogP contribution is 2.21. The van der Waals surface area contributed by atoms with Crippen LogP contribution in [-0.2, 0) is 0 Å². The Bertz CT molecular complexity index is 516. The molecule has 1 heterocycles. The zero-order valence-electron chi connectivity index (χ0n) is 12.3. The van der Waals surface area contributed by atoms with E-state index in [0.29, 0.717) is 13.1 Å². The first-order valence-electron chi connectivity index (χ1n) is 7.45. The van der Waals surface area contributed by atoms with Crippen molar-refractivity contribution < 1.29 is 14.3 Å². The van der Waals surface area contributed by atoms with Crippen LogP contribution in [0.3, 0.4) is 0 Å². The van der Waals surface area contributed by atoms with Gasteiger partial charge in [-0.25, -0.2) is 9.18 Å². The maximum absolute atomic E-state index is 13.7. The van der Waals surface area contributed by atoms with Crippen LogP contribution in [0.5, 0.6) is 0 Å². The third-order valence-electron chi connectivity index (χ3n) is 3.84. The number of nitrogens with zero attached hydrogens (tertiary/aromatic N) is 1. The number of anilines is 1. The molecule has 1 aromatic rings. The van der Waals surface area contributed by atoms with Gasteiger partial charge in [0.15, 0.2) is 5.82 Å². The van der Waals surface area contributed by atoms with E-state index in [-0.39, 0.29) is 23.4 Å². The van der Waals surface area contributed by atoms with E-state index >= 15 is 0 Å². The van der Waals surface area contributed by atoms with Crippen LogP contribution in [0.25, 0.3) is 0 Å². The van der Waals surface area contributed by atoms with Crippen LogP contribution in [0, 0.1) is 5.82 Å². The lowest BCUT2D eigenvalue weighted by Crippen LogP contribution is -2.46. The number of aliphatic hydroxyl groups excluding tert-OH is 1. The minimum atomic E-state index is -0.643. The lowest BCUT2D eigenvalue weighted by atomic mass is 10.0. The summed E-state index contributed by atoms with van der Waals surface area (Å²) in [6.07, 6.45) is 3.22. The van der Waals surface area contributed by atoms with Gasteiger partial charge < -0.3 is 15.7 Å². The van der Waals surface area contributed by atoms with E-state index in [2.05, 4.69) is 15.5 Å². The summed E-state index contributed by atoms with van der Waals surface area (Å²) in [6.45, 7) is 2.17. The first-order chi connectivity index (χ1) is 10.6. The normalized spacial score (nSPS) is 19.0. The number of urea groups is 1. The third-order valence-corrected chi connectivity index (χ3v) is 4.14. The minimum absolute atomic E-state index is 0.0306. The largest absolute Gasteiger partial charge is 0.395 e. The maximum Gasteiger partial charge on any atom is 0.319 e. The molecule has 0 aromatic heterocycles. The van der Waals surface area contributed by atoms with Gasteiger partial charge in [-0.2, -0.15) is 0 Å². The van der Waals surface area contributed by atoms with Gasteiger partial charge in [0.1, 0.15) is 0 Å². The number of hydrogen-bond donors (Lipinski definition) is 3. The zero-order valence-corrected chi connectivity index (χ0v) is 13.1. The zero-order chi connectivity index (χ0) is 15.9. The van der Waals surface area contributed by atoms with Crippen molar-refractivity contribution in [1.82, 2.24) is 10.2 Å². The van der Waals surface area contributed by atoms with Gasteiger partial charge in [0.05, 0.1) is 17.3 Å². The Morgan fingerprint density at radius 1 is 1.45 bits per heavy atom. The average molecular weight is 330 g/mol. The number of amides is 2. The molecule has 1 aliphatic heterocycles. The smallest absolute Gasteiger partial charge is 0.319 e. The highest BCUT2D eigenvalue weighted by molar-refractivity contribution is 6.31. The van der Waals surface area contributed by atoms with Crippen LogP contribution in [0.4, 0.5) is 14.9 Å². The SMILES string of the molecule is O=C(NCCN1CCCC[C@H]1CO)Nc1cccc(Cl)c1F. The lowest BCUT2D eigenvalue weighted by Gasteiger charge is -2.34. The number of benzene rings is 1. The van der Waals surface area contributed by atoms with Crippen molar-refractivity contribution in [2.45, 2.75) is 25.3 Å². The fourth-order valence-corrected chi connectivity index (χ4v) is 2.82. The molecular weight excluding hydrogens is 309 g/mol. The fourth-order valence-electron chi connectivity index (χ4n) is 2.64. The van der Waals surface area contributed by atoms with E-state index in [1.807, 2.05) is 0 Å². The van der Waals surface area contributed by atoms with E-state index in [0.717, 1.165) is 25.8 Å². The molecule has 0 saturated carbocycles. The molecule has 0 aliphatic carbocycles. The molecule has 3 N–H and O–H groups in total. The van der Waals surface area contributed by atoms with E-state index in [1.165, 1.54) is 12.1 Å². The molecule has 5 nitrogen and oxygen atoms in total. The molecule has 0 radical (unpaired) electrons. The summed E-state index contributed by atoms with van der Waals surface area (Å²) in [5, 5.41) is 14.4. The monoisotopic (exact) mass is 329 g/mol. The molecule has 2 amide bonds. The van der Waals surface area contributed by atoms with Crippen LogP contribution in [0.1, 0.15) is 19.3 Å². The number of hydrogen-bond acceptors (Lipinski definition) is 3. The number of piperidine rings is 1. The number of likely N-dealkylation sites (tertiary alicyclic amines) is 1. The number of nitrogens with one attached hydrogen (secondary N) is 2. The predicted octanol–water partition coefficient (Wildman–Crippen LogP) is 2.45. The Morgan fingerprint density at radius 2 is 2.27 bits per heavy atom. The molecular formula is C15H21ClFN3O2. The second-order valence-corrected chi connectivity index (χ2v) is 5.76. The standard InChI is InChI=1S/C15H21ClFN3O2/c16-12-5-3-6-13(14(12)17)19-15(22)18-7-9-20-8-2-1-4-11(20)10-21/h3,5-6,11,21H,1-2,4,7-10H2,(H2,18,19,22)/t11-/m0/s1. The molecule has 0 bridgehead atoms. The molecule has 22 heavy (non-hydrogen) atoms. The lowest BCUT2D eigenvalue weighted by molar-refractivity contribution is 0.0917. The van der Waals surface area contributed by atoms with Crippen molar-refractivity contribution in [3.63, 3.8) is 0 Å². The molecule has 1 atom stereocenters. The highest BCUT2D eigenvalue weighted by atomic mass is 35.5. The Balaban J connectivity index is 1.77. The van der Waals surface area contributed by atoms with Crippen molar-refractivity contribution >= 4 is 23.3 Å². The van der Waals surface area contributed by atoms with Crippen molar-refractivity contribution in [3.8, 4) is 0 Å². The Hall–Kier alpha value is -1.37. The van der Waals surface area contributed by atoms with Crippen molar-refractivity contribution in [2.75, 3.05) is 31.6 Å². The maximum atomic E-state index is 13.7. The number of halogens is 2. The van der Waals surface area contributed by atoms with Crippen LogP contribution in [0.15, 0.2) is 18.2 Å². The summed E-state index contributed by atoms with van der Waals surface area (Å²) in [4.78, 5) is 13.9. The van der Waals surface area contributed by atoms with Crippen molar-refractivity contribution in [3.05, 3.63) is 29.0 Å². The Morgan fingerprint density at radius 3 is 3.05 bits per heavy atom. The highest BCUT2D eigenvalue weighted by Gasteiger charge is 2.21. The van der Waals surface area contributed by atoms with Gasteiger partial charge in [-0.1, -0.05) is 24.1 Å². The molecule has 1 fully saturated rings. The fraction of sp³-hybridized carbons (Fsp3) is 0.533. The molecule has 0 unspecified atom stereocenters. The summed E-state index contributed by atoms with van der Waals surface area (Å²) in [6, 6.07) is 4.14. The average Bonchev–Trinajstić information content (AvgIpc) is 2.52.